The van der Waals surface area contributed by atoms with Crippen molar-refractivity contribution in [3.05, 3.63) is 63.8 Å². The molecule has 0 aliphatic heterocycles. The molecule has 0 aliphatic carbocycles. The molecule has 2 amide bonds. The minimum absolute atomic E-state index is 0.0743. The lowest BCUT2D eigenvalue weighted by Gasteiger charge is -2.16. The Balaban J connectivity index is 1.74. The number of nitrogens with zero attached hydrogens (tertiary/aromatic N) is 3. The molecule has 2 heterocycles. The van der Waals surface area contributed by atoms with Gasteiger partial charge in [0.05, 0.1) is 6.04 Å². The van der Waals surface area contributed by atoms with E-state index in [9.17, 15) is 9.59 Å². The molecule has 0 radical (unpaired) electrons. The Bertz CT molecular complexity index is 1060. The lowest BCUT2D eigenvalue weighted by Crippen LogP contribution is -2.27. The van der Waals surface area contributed by atoms with Crippen LogP contribution in [0.2, 0.25) is 5.02 Å². The Labute approximate surface area is 167 Å². The molecule has 0 aliphatic rings. The number of rotatable bonds is 6. The number of nitrogens with one attached hydrogen (secondary N) is 1. The summed E-state index contributed by atoms with van der Waals surface area (Å²) in [7, 11) is 0. The van der Waals surface area contributed by atoms with Gasteiger partial charge in [0.25, 0.3) is 5.91 Å². The van der Waals surface area contributed by atoms with Crippen LogP contribution >= 0.6 is 11.6 Å². The van der Waals surface area contributed by atoms with Crippen LogP contribution in [0.25, 0.3) is 5.65 Å². The van der Waals surface area contributed by atoms with E-state index >= 15 is 0 Å². The molecule has 1 atom stereocenters. The number of imidazole rings is 1. The third-order valence-electron chi connectivity index (χ3n) is 4.84. The van der Waals surface area contributed by atoms with Gasteiger partial charge >= 0.3 is 0 Å². The van der Waals surface area contributed by atoms with Crippen LogP contribution in [0.3, 0.4) is 0 Å². The van der Waals surface area contributed by atoms with Gasteiger partial charge in [-0.3, -0.25) is 14.0 Å². The van der Waals surface area contributed by atoms with Crippen molar-refractivity contribution in [1.29, 1.82) is 0 Å². The molecule has 28 heavy (non-hydrogen) atoms. The standard InChI is InChI=1S/C20H22ClN5O2/c1-11-14(13(3)26-10-23-18(19(22)28)20(26)25-11)8-9-17(27)24-12(2)15-6-4-5-7-16(15)21/h4-7,10,12H,8-9H2,1-3H3,(H2,22,28)(H,24,27)/t12-/m1/s1. The highest BCUT2D eigenvalue weighted by Gasteiger charge is 2.18. The van der Waals surface area contributed by atoms with Gasteiger partial charge in [0.2, 0.25) is 5.91 Å². The average molecular weight is 400 g/mol. The Morgan fingerprint density at radius 1 is 1.29 bits per heavy atom. The van der Waals surface area contributed by atoms with Gasteiger partial charge in [-0.1, -0.05) is 29.8 Å². The maximum Gasteiger partial charge on any atom is 0.271 e. The van der Waals surface area contributed by atoms with Crippen molar-refractivity contribution in [3.8, 4) is 0 Å². The second kappa shape index (κ2) is 7.98. The summed E-state index contributed by atoms with van der Waals surface area (Å²) in [6.45, 7) is 5.66. The van der Waals surface area contributed by atoms with Crippen LogP contribution in [0.15, 0.2) is 30.6 Å². The number of primary amides is 1. The summed E-state index contributed by atoms with van der Waals surface area (Å²) in [6, 6.07) is 7.27. The fourth-order valence-electron chi connectivity index (χ4n) is 3.32. The van der Waals surface area contributed by atoms with Gasteiger partial charge in [-0.15, -0.1) is 0 Å². The number of nitrogens with two attached hydrogens (primary N) is 1. The van der Waals surface area contributed by atoms with E-state index < -0.39 is 5.91 Å². The van der Waals surface area contributed by atoms with E-state index in [1.54, 1.807) is 10.5 Å². The first-order chi connectivity index (χ1) is 13.3. The molecule has 7 nitrogen and oxygen atoms in total. The van der Waals surface area contributed by atoms with E-state index in [4.69, 9.17) is 17.3 Å². The zero-order chi connectivity index (χ0) is 20.4. The van der Waals surface area contributed by atoms with E-state index in [0.717, 1.165) is 22.5 Å². The molecular weight excluding hydrogens is 378 g/mol. The Kier molecular flexibility index (Phi) is 5.65. The number of carbonyl (C=O) groups excluding carboxylic acids is 2. The van der Waals surface area contributed by atoms with E-state index in [1.807, 2.05) is 39.0 Å². The summed E-state index contributed by atoms with van der Waals surface area (Å²) in [6.07, 6.45) is 2.35. The molecule has 0 spiro atoms. The predicted molar refractivity (Wildman–Crippen MR) is 107 cm³/mol. The molecule has 1 aromatic carbocycles. The monoisotopic (exact) mass is 399 g/mol. The number of carbonyl (C=O) groups is 2. The number of benzene rings is 1. The third-order valence-corrected chi connectivity index (χ3v) is 5.18. The van der Waals surface area contributed by atoms with Crippen LogP contribution in [0, 0.1) is 13.8 Å². The van der Waals surface area contributed by atoms with Crippen molar-refractivity contribution in [2.24, 2.45) is 5.73 Å². The first kappa shape index (κ1) is 19.8. The van der Waals surface area contributed by atoms with Crippen molar-refractivity contribution >= 4 is 29.1 Å². The number of hydrogen-bond donors (Lipinski definition) is 2. The summed E-state index contributed by atoms with van der Waals surface area (Å²) in [4.78, 5) is 32.4. The lowest BCUT2D eigenvalue weighted by atomic mass is 10.0. The molecule has 3 rings (SSSR count). The number of hydrogen-bond acceptors (Lipinski definition) is 4. The number of halogens is 1. The summed E-state index contributed by atoms with van der Waals surface area (Å²) in [5, 5.41) is 3.61. The van der Waals surface area contributed by atoms with Crippen LogP contribution in [-0.4, -0.2) is 26.2 Å². The maximum absolute atomic E-state index is 12.4. The van der Waals surface area contributed by atoms with Gasteiger partial charge < -0.3 is 11.1 Å². The van der Waals surface area contributed by atoms with Crippen LogP contribution in [0.1, 0.15) is 52.4 Å². The summed E-state index contributed by atoms with van der Waals surface area (Å²) < 4.78 is 1.73. The van der Waals surface area contributed by atoms with E-state index in [0.29, 0.717) is 23.5 Å². The van der Waals surface area contributed by atoms with Gasteiger partial charge in [-0.25, -0.2) is 9.97 Å². The maximum atomic E-state index is 12.4. The molecular formula is C20H22ClN5O2. The molecule has 8 heteroatoms. The van der Waals surface area contributed by atoms with Crippen LogP contribution in [-0.2, 0) is 11.2 Å². The Morgan fingerprint density at radius 3 is 2.68 bits per heavy atom. The summed E-state index contributed by atoms with van der Waals surface area (Å²) in [5.41, 5.74) is 9.38. The van der Waals surface area contributed by atoms with Gasteiger partial charge in [0.1, 0.15) is 6.33 Å². The zero-order valence-corrected chi connectivity index (χ0v) is 16.7. The van der Waals surface area contributed by atoms with E-state index in [-0.39, 0.29) is 17.6 Å². The molecule has 0 fully saturated rings. The summed E-state index contributed by atoms with van der Waals surface area (Å²) >= 11 is 6.20. The first-order valence-corrected chi connectivity index (χ1v) is 9.34. The van der Waals surface area contributed by atoms with Crippen molar-refractivity contribution in [3.63, 3.8) is 0 Å². The molecule has 0 bridgehead atoms. The van der Waals surface area contributed by atoms with Gasteiger partial charge in [0.15, 0.2) is 11.3 Å². The van der Waals surface area contributed by atoms with Gasteiger partial charge in [0, 0.05) is 22.8 Å². The fourth-order valence-corrected chi connectivity index (χ4v) is 3.62. The van der Waals surface area contributed by atoms with Crippen molar-refractivity contribution in [2.45, 2.75) is 39.7 Å². The smallest absolute Gasteiger partial charge is 0.271 e. The van der Waals surface area contributed by atoms with Crippen molar-refractivity contribution < 1.29 is 9.59 Å². The Morgan fingerprint density at radius 2 is 2.00 bits per heavy atom. The highest BCUT2D eigenvalue weighted by atomic mass is 35.5. The lowest BCUT2D eigenvalue weighted by molar-refractivity contribution is -0.121. The third kappa shape index (κ3) is 3.84. The zero-order valence-electron chi connectivity index (χ0n) is 16.0. The minimum atomic E-state index is -0.616. The minimum Gasteiger partial charge on any atom is -0.364 e. The van der Waals surface area contributed by atoms with Crippen LogP contribution in [0.4, 0.5) is 0 Å². The summed E-state index contributed by atoms with van der Waals surface area (Å²) in [5.74, 6) is -0.690. The van der Waals surface area contributed by atoms with Gasteiger partial charge in [-0.2, -0.15) is 0 Å². The van der Waals surface area contributed by atoms with Crippen LogP contribution in [0.5, 0.6) is 0 Å². The van der Waals surface area contributed by atoms with Gasteiger partial charge in [-0.05, 0) is 44.4 Å². The normalized spacial score (nSPS) is 12.1. The molecule has 0 saturated carbocycles. The quantitative estimate of drug-likeness (QED) is 0.665. The molecule has 0 unspecified atom stereocenters. The topological polar surface area (TPSA) is 102 Å². The second-order valence-electron chi connectivity index (χ2n) is 6.72. The SMILES string of the molecule is Cc1nc2c(C(N)=O)ncn2c(C)c1CCC(=O)N[C@H](C)c1ccccc1Cl. The van der Waals surface area contributed by atoms with Crippen molar-refractivity contribution in [1.82, 2.24) is 19.7 Å². The number of aromatic nitrogens is 3. The van der Waals surface area contributed by atoms with E-state index in [2.05, 4.69) is 15.3 Å². The largest absolute Gasteiger partial charge is 0.364 e. The predicted octanol–water partition coefficient (Wildman–Crippen LogP) is 2.91. The van der Waals surface area contributed by atoms with Crippen LogP contribution < -0.4 is 11.1 Å². The molecule has 0 saturated heterocycles. The highest BCUT2D eigenvalue weighted by molar-refractivity contribution is 6.31. The average Bonchev–Trinajstić information content (AvgIpc) is 3.06. The number of fused-ring (bicyclic) bond motifs is 1. The molecule has 3 N–H and O–H groups in total. The fraction of sp³-hybridized carbons (Fsp3) is 0.300. The Hall–Kier alpha value is -2.93. The number of aryl methyl sites for hydroxylation is 2. The molecule has 2 aromatic heterocycles. The molecule has 3 aromatic rings. The van der Waals surface area contributed by atoms with E-state index in [1.165, 1.54) is 6.33 Å². The number of amides is 2. The highest BCUT2D eigenvalue weighted by Crippen LogP contribution is 2.23. The molecule has 146 valence electrons. The van der Waals surface area contributed by atoms with Crippen molar-refractivity contribution in [2.75, 3.05) is 0 Å². The second-order valence-corrected chi connectivity index (χ2v) is 7.13. The first-order valence-electron chi connectivity index (χ1n) is 8.96.